The van der Waals surface area contributed by atoms with Gasteiger partial charge in [-0.2, -0.15) is 0 Å². The first-order valence-corrected chi connectivity index (χ1v) is 6.94. The van der Waals surface area contributed by atoms with Crippen LogP contribution in [0.15, 0.2) is 36.5 Å². The van der Waals surface area contributed by atoms with Gasteiger partial charge >= 0.3 is 5.97 Å². The van der Waals surface area contributed by atoms with Crippen molar-refractivity contribution in [3.05, 3.63) is 36.5 Å². The molecular weight excluding hydrogens is 224 g/mol. The Morgan fingerprint density at radius 3 is 2.06 bits per heavy atom. The van der Waals surface area contributed by atoms with Gasteiger partial charge < -0.3 is 5.11 Å². The second kappa shape index (κ2) is 13.8. The first-order chi connectivity index (χ1) is 8.77. The number of carbonyl (C=O) groups is 1. The predicted octanol–water partition coefficient (Wildman–Crippen LogP) is 4.88. The Balaban J connectivity index is 3.26. The van der Waals surface area contributed by atoms with E-state index >= 15 is 0 Å². The molecule has 0 aromatic heterocycles. The number of hydrogen-bond donors (Lipinski definition) is 1. The molecule has 0 radical (unpaired) electrons. The number of rotatable bonds is 11. The van der Waals surface area contributed by atoms with Crippen LogP contribution in [0.4, 0.5) is 0 Å². The monoisotopic (exact) mass is 250 g/mol. The Hall–Kier alpha value is -1.31. The van der Waals surface area contributed by atoms with Crippen molar-refractivity contribution in [3.63, 3.8) is 0 Å². The molecule has 18 heavy (non-hydrogen) atoms. The highest BCUT2D eigenvalue weighted by atomic mass is 16.4. The quantitative estimate of drug-likeness (QED) is 0.419. The molecule has 0 unspecified atom stereocenters. The molecule has 0 saturated heterocycles. The van der Waals surface area contributed by atoms with Gasteiger partial charge in [-0.05, 0) is 44.9 Å². The van der Waals surface area contributed by atoms with Crippen molar-refractivity contribution < 1.29 is 9.90 Å². The molecular formula is C16H26O2. The highest BCUT2D eigenvalue weighted by Crippen LogP contribution is 2.02. The predicted molar refractivity (Wildman–Crippen MR) is 77.7 cm³/mol. The van der Waals surface area contributed by atoms with Crippen LogP contribution in [-0.2, 0) is 4.79 Å². The minimum atomic E-state index is -0.703. The van der Waals surface area contributed by atoms with Gasteiger partial charge in [0, 0.05) is 6.42 Å². The average molecular weight is 250 g/mol. The van der Waals surface area contributed by atoms with E-state index in [1.165, 1.54) is 6.42 Å². The lowest BCUT2D eigenvalue weighted by Gasteiger charge is -1.92. The molecule has 0 aliphatic heterocycles. The number of aliphatic carboxylic acids is 1. The molecule has 0 aromatic carbocycles. The van der Waals surface area contributed by atoms with E-state index in [9.17, 15) is 4.79 Å². The molecule has 0 aliphatic carbocycles. The van der Waals surface area contributed by atoms with E-state index in [0.29, 0.717) is 0 Å². The topological polar surface area (TPSA) is 37.3 Å². The zero-order chi connectivity index (χ0) is 13.5. The maximum absolute atomic E-state index is 10.3. The maximum Gasteiger partial charge on any atom is 0.303 e. The van der Waals surface area contributed by atoms with E-state index < -0.39 is 5.97 Å². The third-order valence-corrected chi connectivity index (χ3v) is 2.51. The molecule has 0 atom stereocenters. The molecule has 2 heteroatoms. The molecule has 2 nitrogen and oxygen atoms in total. The summed E-state index contributed by atoms with van der Waals surface area (Å²) in [4.78, 5) is 10.3. The van der Waals surface area contributed by atoms with Crippen LogP contribution in [0, 0.1) is 0 Å². The summed E-state index contributed by atoms with van der Waals surface area (Å²) in [5.74, 6) is -0.703. The molecule has 0 bridgehead atoms. The zero-order valence-electron chi connectivity index (χ0n) is 11.5. The Labute approximate surface area is 111 Å². The van der Waals surface area contributed by atoms with Gasteiger partial charge in [0.25, 0.3) is 0 Å². The van der Waals surface area contributed by atoms with Crippen molar-refractivity contribution in [3.8, 4) is 0 Å². The molecule has 102 valence electrons. The fourth-order valence-corrected chi connectivity index (χ4v) is 1.52. The van der Waals surface area contributed by atoms with Crippen LogP contribution in [0.1, 0.15) is 58.3 Å². The highest BCUT2D eigenvalue weighted by molar-refractivity contribution is 5.66. The summed E-state index contributed by atoms with van der Waals surface area (Å²) >= 11 is 0. The summed E-state index contributed by atoms with van der Waals surface area (Å²) in [6.45, 7) is 2.14. The van der Waals surface area contributed by atoms with E-state index in [1.54, 1.807) is 0 Å². The normalized spacial score (nSPS) is 12.1. The first-order valence-electron chi connectivity index (χ1n) is 6.94. The molecule has 0 aliphatic rings. The van der Waals surface area contributed by atoms with E-state index in [1.807, 2.05) is 0 Å². The average Bonchev–Trinajstić information content (AvgIpc) is 2.34. The Kier molecular flexibility index (Phi) is 12.8. The molecule has 0 amide bonds. The number of unbranched alkanes of at least 4 members (excludes halogenated alkanes) is 3. The zero-order valence-corrected chi connectivity index (χ0v) is 11.5. The van der Waals surface area contributed by atoms with Crippen LogP contribution in [-0.4, -0.2) is 11.1 Å². The molecule has 0 fully saturated rings. The molecule has 0 aromatic rings. The minimum Gasteiger partial charge on any atom is -0.481 e. The van der Waals surface area contributed by atoms with Crippen molar-refractivity contribution in [2.24, 2.45) is 0 Å². The third-order valence-electron chi connectivity index (χ3n) is 2.51. The van der Waals surface area contributed by atoms with E-state index in [4.69, 9.17) is 5.11 Å². The highest BCUT2D eigenvalue weighted by Gasteiger charge is 1.92. The van der Waals surface area contributed by atoms with Gasteiger partial charge in [0.2, 0.25) is 0 Å². The van der Waals surface area contributed by atoms with Crippen LogP contribution >= 0.6 is 0 Å². The van der Waals surface area contributed by atoms with Gasteiger partial charge in [-0.15, -0.1) is 0 Å². The summed E-state index contributed by atoms with van der Waals surface area (Å²) in [7, 11) is 0. The first kappa shape index (κ1) is 16.7. The van der Waals surface area contributed by atoms with Gasteiger partial charge in [-0.25, -0.2) is 0 Å². The van der Waals surface area contributed by atoms with Crippen LogP contribution < -0.4 is 0 Å². The SMILES string of the molecule is CCC=CCC=CCCCC=CCCCC(=O)O. The molecule has 0 spiro atoms. The standard InChI is InChI=1S/C16H26O2/c1-2-3-4-5-6-7-8-9-10-11-12-13-14-15-16(17)18/h3-4,6-7,11-12H,2,5,8-10,13-15H2,1H3,(H,17,18). The summed E-state index contributed by atoms with van der Waals surface area (Å²) in [6.07, 6.45) is 20.5. The molecule has 0 heterocycles. The molecule has 0 rings (SSSR count). The lowest BCUT2D eigenvalue weighted by Crippen LogP contribution is -1.92. The fourth-order valence-electron chi connectivity index (χ4n) is 1.52. The molecule has 0 saturated carbocycles. The van der Waals surface area contributed by atoms with E-state index in [0.717, 1.165) is 38.5 Å². The van der Waals surface area contributed by atoms with Gasteiger partial charge in [0.05, 0.1) is 0 Å². The largest absolute Gasteiger partial charge is 0.481 e. The van der Waals surface area contributed by atoms with Crippen molar-refractivity contribution in [1.29, 1.82) is 0 Å². The van der Waals surface area contributed by atoms with Gasteiger partial charge in [-0.3, -0.25) is 4.79 Å². The second-order valence-corrected chi connectivity index (χ2v) is 4.28. The smallest absolute Gasteiger partial charge is 0.303 e. The second-order valence-electron chi connectivity index (χ2n) is 4.28. The summed E-state index contributed by atoms with van der Waals surface area (Å²) in [5, 5.41) is 8.45. The van der Waals surface area contributed by atoms with Crippen molar-refractivity contribution in [1.82, 2.24) is 0 Å². The number of carboxylic acid groups (broad SMARTS) is 1. The molecule has 1 N–H and O–H groups in total. The van der Waals surface area contributed by atoms with Crippen LogP contribution in [0.3, 0.4) is 0 Å². The van der Waals surface area contributed by atoms with E-state index in [2.05, 4.69) is 43.4 Å². The van der Waals surface area contributed by atoms with Crippen molar-refractivity contribution in [2.75, 3.05) is 0 Å². The van der Waals surface area contributed by atoms with Crippen molar-refractivity contribution >= 4 is 5.97 Å². The van der Waals surface area contributed by atoms with Gasteiger partial charge in [0.1, 0.15) is 0 Å². The number of carboxylic acids is 1. The van der Waals surface area contributed by atoms with Crippen LogP contribution in [0.2, 0.25) is 0 Å². The van der Waals surface area contributed by atoms with Crippen LogP contribution in [0.25, 0.3) is 0 Å². The van der Waals surface area contributed by atoms with Crippen molar-refractivity contribution in [2.45, 2.75) is 58.3 Å². The van der Waals surface area contributed by atoms with Gasteiger partial charge in [-0.1, -0.05) is 43.4 Å². The summed E-state index contributed by atoms with van der Waals surface area (Å²) in [6, 6.07) is 0. The third kappa shape index (κ3) is 14.7. The minimum absolute atomic E-state index is 0.276. The summed E-state index contributed by atoms with van der Waals surface area (Å²) in [5.41, 5.74) is 0. The Morgan fingerprint density at radius 2 is 1.44 bits per heavy atom. The maximum atomic E-state index is 10.3. The Bertz CT molecular complexity index is 275. The van der Waals surface area contributed by atoms with Gasteiger partial charge in [0.15, 0.2) is 0 Å². The summed E-state index contributed by atoms with van der Waals surface area (Å²) < 4.78 is 0. The lowest BCUT2D eigenvalue weighted by molar-refractivity contribution is -0.137. The Morgan fingerprint density at radius 1 is 0.889 bits per heavy atom. The van der Waals surface area contributed by atoms with Crippen LogP contribution in [0.5, 0.6) is 0 Å². The van der Waals surface area contributed by atoms with E-state index in [-0.39, 0.29) is 6.42 Å². The fraction of sp³-hybridized carbons (Fsp3) is 0.562. The number of hydrogen-bond acceptors (Lipinski definition) is 1. The number of allylic oxidation sites excluding steroid dienone is 6. The lowest BCUT2D eigenvalue weighted by atomic mass is 10.2.